The summed E-state index contributed by atoms with van der Waals surface area (Å²) >= 11 is 5.88. The van der Waals surface area contributed by atoms with E-state index in [0.717, 1.165) is 0 Å². The molecule has 0 aliphatic heterocycles. The number of nitrogens with zero attached hydrogens (tertiary/aromatic N) is 1. The second kappa shape index (κ2) is 5.44. The summed E-state index contributed by atoms with van der Waals surface area (Å²) in [6, 6.07) is 14.1. The lowest BCUT2D eigenvalue weighted by Crippen LogP contribution is -1.89. The van der Waals surface area contributed by atoms with E-state index in [-0.39, 0.29) is 0 Å². The lowest BCUT2D eigenvalue weighted by molar-refractivity contribution is 0.409. The molecule has 0 atom stereocenters. The first kappa shape index (κ1) is 12.3. The molecule has 90 valence electrons. The second-order valence-corrected chi connectivity index (χ2v) is 3.97. The van der Waals surface area contributed by atoms with E-state index in [0.29, 0.717) is 27.8 Å². The van der Waals surface area contributed by atoms with Crippen LogP contribution in [0.3, 0.4) is 0 Å². The van der Waals surface area contributed by atoms with E-state index < -0.39 is 0 Å². The topological polar surface area (TPSA) is 42.2 Å². The van der Waals surface area contributed by atoms with Crippen molar-refractivity contribution in [3.63, 3.8) is 0 Å². The summed E-state index contributed by atoms with van der Waals surface area (Å²) in [6.07, 6.45) is 0. The van der Waals surface area contributed by atoms with E-state index in [1.54, 1.807) is 37.4 Å². The highest BCUT2D eigenvalue weighted by Gasteiger charge is 2.06. The molecule has 4 heteroatoms. The van der Waals surface area contributed by atoms with Crippen molar-refractivity contribution in [1.29, 1.82) is 5.26 Å². The van der Waals surface area contributed by atoms with Gasteiger partial charge in [-0.05, 0) is 24.3 Å². The summed E-state index contributed by atoms with van der Waals surface area (Å²) in [5.41, 5.74) is 0.433. The highest BCUT2D eigenvalue weighted by Crippen LogP contribution is 2.29. The van der Waals surface area contributed by atoms with Crippen LogP contribution in [0.25, 0.3) is 0 Å². The fraction of sp³-hybridized carbons (Fsp3) is 0.0714. The molecule has 3 nitrogen and oxygen atoms in total. The van der Waals surface area contributed by atoms with Crippen molar-refractivity contribution < 1.29 is 9.47 Å². The molecule has 0 saturated carbocycles. The van der Waals surface area contributed by atoms with E-state index >= 15 is 0 Å². The van der Waals surface area contributed by atoms with Crippen molar-refractivity contribution >= 4 is 11.6 Å². The van der Waals surface area contributed by atoms with Gasteiger partial charge in [-0.25, -0.2) is 0 Å². The van der Waals surface area contributed by atoms with E-state index in [1.165, 1.54) is 0 Å². The Morgan fingerprint density at radius 1 is 1.11 bits per heavy atom. The molecule has 0 fully saturated rings. The van der Waals surface area contributed by atoms with Crippen molar-refractivity contribution in [2.24, 2.45) is 0 Å². The highest BCUT2D eigenvalue weighted by atomic mass is 35.5. The zero-order valence-electron chi connectivity index (χ0n) is 9.68. The van der Waals surface area contributed by atoms with Gasteiger partial charge in [0.2, 0.25) is 0 Å². The van der Waals surface area contributed by atoms with E-state index in [1.807, 2.05) is 12.1 Å². The van der Waals surface area contributed by atoms with Crippen LogP contribution in [-0.4, -0.2) is 7.11 Å². The monoisotopic (exact) mass is 259 g/mol. The number of ether oxygens (including phenoxy) is 2. The molecule has 0 bridgehead atoms. The number of nitriles is 1. The largest absolute Gasteiger partial charge is 0.497 e. The molecule has 0 aromatic heterocycles. The van der Waals surface area contributed by atoms with Gasteiger partial charge in [-0.1, -0.05) is 17.7 Å². The van der Waals surface area contributed by atoms with Crippen LogP contribution in [0.1, 0.15) is 5.56 Å². The first-order valence-electron chi connectivity index (χ1n) is 5.24. The molecule has 0 unspecified atom stereocenters. The minimum absolute atomic E-state index is 0.429. The molecular formula is C14H10ClNO2. The standard InChI is InChI=1S/C14H10ClNO2/c1-17-12-3-2-4-13(8-12)18-14-7-11(15)6-5-10(14)9-16/h2-8H,1H3. The number of methoxy groups -OCH3 is 1. The fourth-order valence-electron chi connectivity index (χ4n) is 1.46. The minimum Gasteiger partial charge on any atom is -0.497 e. The molecular weight excluding hydrogens is 250 g/mol. The lowest BCUT2D eigenvalue weighted by atomic mass is 10.2. The summed E-state index contributed by atoms with van der Waals surface area (Å²) < 4.78 is 10.7. The molecule has 0 aliphatic carbocycles. The van der Waals surface area contributed by atoms with Crippen LogP contribution >= 0.6 is 11.6 Å². The van der Waals surface area contributed by atoms with Crippen LogP contribution in [0, 0.1) is 11.3 Å². The summed E-state index contributed by atoms with van der Waals surface area (Å²) in [7, 11) is 1.58. The average Bonchev–Trinajstić information content (AvgIpc) is 2.39. The third-order valence-corrected chi connectivity index (χ3v) is 2.57. The Labute approximate surface area is 110 Å². The van der Waals surface area contributed by atoms with Crippen molar-refractivity contribution in [2.75, 3.05) is 7.11 Å². The first-order chi connectivity index (χ1) is 8.72. The zero-order valence-corrected chi connectivity index (χ0v) is 10.4. The maximum absolute atomic E-state index is 8.99. The van der Waals surface area contributed by atoms with Crippen LogP contribution in [0.2, 0.25) is 5.02 Å². The molecule has 0 amide bonds. The van der Waals surface area contributed by atoms with Crippen molar-refractivity contribution in [3.8, 4) is 23.3 Å². The van der Waals surface area contributed by atoms with Crippen molar-refractivity contribution in [3.05, 3.63) is 53.1 Å². The van der Waals surface area contributed by atoms with Crippen LogP contribution in [-0.2, 0) is 0 Å². The zero-order chi connectivity index (χ0) is 13.0. The van der Waals surface area contributed by atoms with Gasteiger partial charge in [-0.15, -0.1) is 0 Å². The molecule has 0 saturated heterocycles. The van der Waals surface area contributed by atoms with E-state index in [4.69, 9.17) is 26.3 Å². The molecule has 0 radical (unpaired) electrons. The Balaban J connectivity index is 2.33. The minimum atomic E-state index is 0.429. The van der Waals surface area contributed by atoms with Gasteiger partial charge >= 0.3 is 0 Å². The Morgan fingerprint density at radius 2 is 1.89 bits per heavy atom. The fourth-order valence-corrected chi connectivity index (χ4v) is 1.63. The lowest BCUT2D eigenvalue weighted by Gasteiger charge is -2.08. The van der Waals surface area contributed by atoms with E-state index in [9.17, 15) is 0 Å². The van der Waals surface area contributed by atoms with Gasteiger partial charge in [-0.2, -0.15) is 5.26 Å². The molecule has 0 heterocycles. The van der Waals surface area contributed by atoms with Gasteiger partial charge in [0.05, 0.1) is 12.7 Å². The SMILES string of the molecule is COc1cccc(Oc2cc(Cl)ccc2C#N)c1. The Hall–Kier alpha value is -2.18. The van der Waals surface area contributed by atoms with Gasteiger partial charge in [0, 0.05) is 17.2 Å². The van der Waals surface area contributed by atoms with Gasteiger partial charge in [0.15, 0.2) is 0 Å². The Kier molecular flexibility index (Phi) is 3.71. The summed E-state index contributed by atoms with van der Waals surface area (Å²) in [5.74, 6) is 1.71. The molecule has 18 heavy (non-hydrogen) atoms. The van der Waals surface area contributed by atoms with E-state index in [2.05, 4.69) is 6.07 Å². The maximum Gasteiger partial charge on any atom is 0.146 e. The normalized spacial score (nSPS) is 9.61. The van der Waals surface area contributed by atoms with Crippen molar-refractivity contribution in [1.82, 2.24) is 0 Å². The number of halogens is 1. The van der Waals surface area contributed by atoms with Crippen LogP contribution < -0.4 is 9.47 Å². The maximum atomic E-state index is 8.99. The molecule has 2 rings (SSSR count). The molecule has 0 spiro atoms. The summed E-state index contributed by atoms with van der Waals surface area (Å²) in [4.78, 5) is 0. The van der Waals surface area contributed by atoms with Gasteiger partial charge in [0.1, 0.15) is 23.3 Å². The predicted octanol–water partition coefficient (Wildman–Crippen LogP) is 4.01. The third kappa shape index (κ3) is 2.73. The molecule has 0 aliphatic rings. The van der Waals surface area contributed by atoms with Crippen LogP contribution in [0.15, 0.2) is 42.5 Å². The molecule has 2 aromatic rings. The Bertz CT molecular complexity index is 605. The second-order valence-electron chi connectivity index (χ2n) is 3.53. The first-order valence-corrected chi connectivity index (χ1v) is 5.62. The van der Waals surface area contributed by atoms with Crippen molar-refractivity contribution in [2.45, 2.75) is 0 Å². The number of benzene rings is 2. The number of hydrogen-bond acceptors (Lipinski definition) is 3. The predicted molar refractivity (Wildman–Crippen MR) is 69.2 cm³/mol. The van der Waals surface area contributed by atoms with Gasteiger partial charge < -0.3 is 9.47 Å². The molecule has 0 N–H and O–H groups in total. The average molecular weight is 260 g/mol. The summed E-state index contributed by atoms with van der Waals surface area (Å²) in [6.45, 7) is 0. The van der Waals surface area contributed by atoms with Crippen LogP contribution in [0.5, 0.6) is 17.2 Å². The van der Waals surface area contributed by atoms with Crippen LogP contribution in [0.4, 0.5) is 0 Å². The van der Waals surface area contributed by atoms with Gasteiger partial charge in [-0.3, -0.25) is 0 Å². The third-order valence-electron chi connectivity index (χ3n) is 2.33. The van der Waals surface area contributed by atoms with Gasteiger partial charge in [0.25, 0.3) is 0 Å². The summed E-state index contributed by atoms with van der Waals surface area (Å²) in [5, 5.41) is 9.51. The quantitative estimate of drug-likeness (QED) is 0.836. The molecule has 2 aromatic carbocycles. The number of hydrogen-bond donors (Lipinski definition) is 0. The smallest absolute Gasteiger partial charge is 0.146 e. The Morgan fingerprint density at radius 3 is 2.61 bits per heavy atom. The highest BCUT2D eigenvalue weighted by molar-refractivity contribution is 6.30. The number of rotatable bonds is 3.